The number of hydrogen-bond acceptors (Lipinski definition) is 5. The number of benzene rings is 1. The van der Waals surface area contributed by atoms with Gasteiger partial charge in [-0.25, -0.2) is 0 Å². The number of nitrogens with one attached hydrogen (secondary N) is 1. The molecule has 0 amide bonds. The van der Waals surface area contributed by atoms with Crippen LogP contribution in [0.2, 0.25) is 0 Å². The van der Waals surface area contributed by atoms with Gasteiger partial charge in [0, 0.05) is 29.0 Å². The molecule has 0 fully saturated rings. The molecule has 1 aromatic carbocycles. The van der Waals surface area contributed by atoms with Gasteiger partial charge in [0.1, 0.15) is 5.82 Å². The number of rotatable bonds is 2. The zero-order valence-corrected chi connectivity index (χ0v) is 12.8. The van der Waals surface area contributed by atoms with E-state index < -0.39 is 0 Å². The standard InChI is InChI=1S/C17H12N6O/c1-10-20-21-15-5-4-13(9-23(10)15)16-19-17(24-22-16)12-3-2-11-6-7-18-14(11)8-12/h2-9,18H,1H3. The molecule has 0 unspecified atom stereocenters. The third kappa shape index (κ3) is 1.91. The van der Waals surface area contributed by atoms with Crippen LogP contribution in [0.1, 0.15) is 5.82 Å². The number of hydrogen-bond donors (Lipinski definition) is 1. The molecule has 0 saturated carbocycles. The third-order valence-electron chi connectivity index (χ3n) is 4.06. The lowest BCUT2D eigenvalue weighted by Gasteiger charge is -1.97. The van der Waals surface area contributed by atoms with Crippen molar-refractivity contribution in [2.24, 2.45) is 0 Å². The Balaban J connectivity index is 1.58. The predicted molar refractivity (Wildman–Crippen MR) is 88.3 cm³/mol. The molecular formula is C17H12N6O. The molecule has 5 rings (SSSR count). The number of aryl methyl sites for hydroxylation is 1. The van der Waals surface area contributed by atoms with Crippen LogP contribution < -0.4 is 0 Å². The largest absolute Gasteiger partial charge is 0.361 e. The summed E-state index contributed by atoms with van der Waals surface area (Å²) < 4.78 is 7.34. The molecule has 0 atom stereocenters. The van der Waals surface area contributed by atoms with Crippen molar-refractivity contribution in [2.45, 2.75) is 6.92 Å². The average Bonchev–Trinajstić information content (AvgIpc) is 3.33. The van der Waals surface area contributed by atoms with Crippen molar-refractivity contribution in [3.63, 3.8) is 0 Å². The molecule has 24 heavy (non-hydrogen) atoms. The molecule has 0 bridgehead atoms. The van der Waals surface area contributed by atoms with Crippen molar-refractivity contribution in [3.05, 3.63) is 54.6 Å². The Labute approximate surface area is 136 Å². The van der Waals surface area contributed by atoms with E-state index in [1.54, 1.807) is 0 Å². The monoisotopic (exact) mass is 316 g/mol. The van der Waals surface area contributed by atoms with E-state index in [4.69, 9.17) is 4.52 Å². The van der Waals surface area contributed by atoms with E-state index in [1.807, 2.05) is 60.1 Å². The fourth-order valence-electron chi connectivity index (χ4n) is 2.78. The number of nitrogens with zero attached hydrogens (tertiary/aromatic N) is 5. The van der Waals surface area contributed by atoms with E-state index in [0.29, 0.717) is 11.7 Å². The van der Waals surface area contributed by atoms with E-state index >= 15 is 0 Å². The third-order valence-corrected chi connectivity index (χ3v) is 4.06. The van der Waals surface area contributed by atoms with Crippen molar-refractivity contribution >= 4 is 16.6 Å². The van der Waals surface area contributed by atoms with E-state index in [2.05, 4.69) is 25.3 Å². The highest BCUT2D eigenvalue weighted by atomic mass is 16.5. The van der Waals surface area contributed by atoms with Crippen molar-refractivity contribution in [2.75, 3.05) is 0 Å². The van der Waals surface area contributed by atoms with Gasteiger partial charge >= 0.3 is 0 Å². The summed E-state index contributed by atoms with van der Waals surface area (Å²) in [6, 6.07) is 11.8. The summed E-state index contributed by atoms with van der Waals surface area (Å²) in [7, 11) is 0. The summed E-state index contributed by atoms with van der Waals surface area (Å²) in [5.41, 5.74) is 3.55. The quantitative estimate of drug-likeness (QED) is 0.540. The first-order valence-corrected chi connectivity index (χ1v) is 7.51. The van der Waals surface area contributed by atoms with Gasteiger partial charge in [0.15, 0.2) is 5.65 Å². The summed E-state index contributed by atoms with van der Waals surface area (Å²) in [6.45, 7) is 1.90. The van der Waals surface area contributed by atoms with Crippen LogP contribution in [0.15, 0.2) is 53.3 Å². The molecule has 7 nitrogen and oxygen atoms in total. The number of aromatic amines is 1. The second kappa shape index (κ2) is 4.76. The maximum absolute atomic E-state index is 5.44. The van der Waals surface area contributed by atoms with Crippen LogP contribution in [0.4, 0.5) is 0 Å². The Morgan fingerprint density at radius 1 is 1.04 bits per heavy atom. The zero-order chi connectivity index (χ0) is 16.1. The number of aromatic nitrogens is 6. The topological polar surface area (TPSA) is 84.9 Å². The van der Waals surface area contributed by atoms with Crippen LogP contribution in [0.5, 0.6) is 0 Å². The summed E-state index contributed by atoms with van der Waals surface area (Å²) in [5, 5.41) is 13.4. The minimum Gasteiger partial charge on any atom is -0.361 e. The van der Waals surface area contributed by atoms with Crippen LogP contribution in [0.25, 0.3) is 39.4 Å². The molecule has 4 aromatic heterocycles. The first-order chi connectivity index (χ1) is 11.8. The highest BCUT2D eigenvalue weighted by Crippen LogP contribution is 2.25. The lowest BCUT2D eigenvalue weighted by Crippen LogP contribution is -1.90. The van der Waals surface area contributed by atoms with Crippen LogP contribution in [-0.4, -0.2) is 29.7 Å². The molecule has 0 radical (unpaired) electrons. The Morgan fingerprint density at radius 2 is 1.96 bits per heavy atom. The Morgan fingerprint density at radius 3 is 2.92 bits per heavy atom. The molecule has 0 aliphatic rings. The molecule has 0 spiro atoms. The first-order valence-electron chi connectivity index (χ1n) is 7.51. The maximum Gasteiger partial charge on any atom is 0.258 e. The fourth-order valence-corrected chi connectivity index (χ4v) is 2.78. The van der Waals surface area contributed by atoms with E-state index in [0.717, 1.165) is 33.5 Å². The van der Waals surface area contributed by atoms with E-state index in [-0.39, 0.29) is 0 Å². The van der Waals surface area contributed by atoms with Crippen LogP contribution >= 0.6 is 0 Å². The van der Waals surface area contributed by atoms with Gasteiger partial charge in [0.05, 0.1) is 0 Å². The Hall–Kier alpha value is -3.48. The van der Waals surface area contributed by atoms with Gasteiger partial charge < -0.3 is 9.51 Å². The van der Waals surface area contributed by atoms with Crippen LogP contribution in [0.3, 0.4) is 0 Å². The second-order valence-electron chi connectivity index (χ2n) is 5.60. The van der Waals surface area contributed by atoms with Gasteiger partial charge in [-0.05, 0) is 42.6 Å². The van der Waals surface area contributed by atoms with Gasteiger partial charge in [-0.2, -0.15) is 4.98 Å². The summed E-state index contributed by atoms with van der Waals surface area (Å²) in [4.78, 5) is 7.70. The normalized spacial score (nSPS) is 11.5. The minimum atomic E-state index is 0.488. The summed E-state index contributed by atoms with van der Waals surface area (Å²) in [6.07, 6.45) is 3.82. The fraction of sp³-hybridized carbons (Fsp3) is 0.0588. The molecule has 1 N–H and O–H groups in total. The van der Waals surface area contributed by atoms with Crippen molar-refractivity contribution < 1.29 is 4.52 Å². The highest BCUT2D eigenvalue weighted by molar-refractivity contribution is 5.83. The highest BCUT2D eigenvalue weighted by Gasteiger charge is 2.12. The summed E-state index contributed by atoms with van der Waals surface area (Å²) >= 11 is 0. The van der Waals surface area contributed by atoms with Gasteiger partial charge in [-0.1, -0.05) is 11.2 Å². The average molecular weight is 316 g/mol. The summed E-state index contributed by atoms with van der Waals surface area (Å²) in [5.74, 6) is 1.83. The molecule has 5 aromatic rings. The zero-order valence-electron chi connectivity index (χ0n) is 12.8. The molecule has 116 valence electrons. The van der Waals surface area contributed by atoms with Crippen LogP contribution in [0, 0.1) is 6.92 Å². The SMILES string of the molecule is Cc1nnc2ccc(-c3noc(-c4ccc5cc[nH]c5c4)n3)cn12. The minimum absolute atomic E-state index is 0.488. The predicted octanol–water partition coefficient (Wildman–Crippen LogP) is 3.24. The maximum atomic E-state index is 5.44. The van der Waals surface area contributed by atoms with Gasteiger partial charge in [-0.3, -0.25) is 4.40 Å². The van der Waals surface area contributed by atoms with Crippen molar-refractivity contribution in [1.82, 2.24) is 29.7 Å². The number of H-pyrrole nitrogens is 1. The second-order valence-corrected chi connectivity index (χ2v) is 5.60. The van der Waals surface area contributed by atoms with Gasteiger partial charge in [-0.15, -0.1) is 10.2 Å². The Kier molecular flexibility index (Phi) is 2.58. The van der Waals surface area contributed by atoms with Gasteiger partial charge in [0.2, 0.25) is 5.82 Å². The lowest BCUT2D eigenvalue weighted by molar-refractivity contribution is 0.432. The first kappa shape index (κ1) is 13.0. The number of pyridine rings is 1. The Bertz CT molecular complexity index is 1180. The lowest BCUT2D eigenvalue weighted by atomic mass is 10.1. The molecule has 0 aliphatic carbocycles. The van der Waals surface area contributed by atoms with E-state index in [1.165, 1.54) is 0 Å². The molecule has 0 saturated heterocycles. The molecule has 4 heterocycles. The van der Waals surface area contributed by atoms with Crippen molar-refractivity contribution in [3.8, 4) is 22.8 Å². The number of fused-ring (bicyclic) bond motifs is 2. The molecule has 0 aliphatic heterocycles. The van der Waals surface area contributed by atoms with Crippen molar-refractivity contribution in [1.29, 1.82) is 0 Å². The van der Waals surface area contributed by atoms with Gasteiger partial charge in [0.25, 0.3) is 5.89 Å². The molecule has 7 heteroatoms. The smallest absolute Gasteiger partial charge is 0.258 e. The van der Waals surface area contributed by atoms with Crippen LogP contribution in [-0.2, 0) is 0 Å². The molecular weight excluding hydrogens is 304 g/mol. The van der Waals surface area contributed by atoms with E-state index in [9.17, 15) is 0 Å².